The van der Waals surface area contributed by atoms with Crippen LogP contribution in [0.1, 0.15) is 31.9 Å². The van der Waals surface area contributed by atoms with E-state index in [1.807, 2.05) is 45.4 Å². The lowest BCUT2D eigenvalue weighted by molar-refractivity contribution is -0.0646. The first-order valence-corrected chi connectivity index (χ1v) is 8.23. The molecule has 0 bridgehead atoms. The number of rotatable bonds is 5. The molecule has 23 heavy (non-hydrogen) atoms. The van der Waals surface area contributed by atoms with Crippen LogP contribution in [0.25, 0.3) is 0 Å². The Morgan fingerprint density at radius 1 is 1.52 bits per heavy atom. The highest BCUT2D eigenvalue weighted by Crippen LogP contribution is 2.17. The third-order valence-corrected chi connectivity index (χ3v) is 4.25. The SMILES string of the molecule is CCC1CN(C(=O)NCC(c2cnn(C)c2)N(C)C)CC(C)O1. The molecule has 130 valence electrons. The van der Waals surface area contributed by atoms with Crippen molar-refractivity contribution in [2.75, 3.05) is 33.7 Å². The van der Waals surface area contributed by atoms with Gasteiger partial charge in [0.2, 0.25) is 0 Å². The van der Waals surface area contributed by atoms with Crippen LogP contribution in [-0.4, -0.2) is 71.5 Å². The number of carbonyl (C=O) groups is 1. The van der Waals surface area contributed by atoms with Gasteiger partial charge in [0.15, 0.2) is 0 Å². The van der Waals surface area contributed by atoms with Crippen LogP contribution in [0.2, 0.25) is 0 Å². The molecule has 0 aromatic carbocycles. The quantitative estimate of drug-likeness (QED) is 0.885. The molecule has 0 saturated carbocycles. The molecular weight excluding hydrogens is 294 g/mol. The van der Waals surface area contributed by atoms with Gasteiger partial charge in [-0.2, -0.15) is 5.10 Å². The number of aromatic nitrogens is 2. The van der Waals surface area contributed by atoms with Crippen LogP contribution >= 0.6 is 0 Å². The topological polar surface area (TPSA) is 62.6 Å². The van der Waals surface area contributed by atoms with E-state index in [-0.39, 0.29) is 24.3 Å². The van der Waals surface area contributed by atoms with Gasteiger partial charge in [0.05, 0.1) is 24.4 Å². The molecule has 1 aliphatic heterocycles. The number of morpholine rings is 1. The van der Waals surface area contributed by atoms with Gasteiger partial charge in [0.25, 0.3) is 0 Å². The lowest BCUT2D eigenvalue weighted by Gasteiger charge is -2.36. The van der Waals surface area contributed by atoms with Crippen LogP contribution in [0.3, 0.4) is 0 Å². The summed E-state index contributed by atoms with van der Waals surface area (Å²) in [5.74, 6) is 0. The van der Waals surface area contributed by atoms with E-state index < -0.39 is 0 Å². The molecule has 1 saturated heterocycles. The van der Waals surface area contributed by atoms with Crippen LogP contribution in [0.5, 0.6) is 0 Å². The molecule has 0 spiro atoms. The molecule has 1 fully saturated rings. The molecule has 1 N–H and O–H groups in total. The van der Waals surface area contributed by atoms with Crippen molar-refractivity contribution in [3.8, 4) is 0 Å². The average molecular weight is 323 g/mol. The second kappa shape index (κ2) is 7.79. The minimum atomic E-state index is -0.0191. The number of aryl methyl sites for hydroxylation is 1. The summed E-state index contributed by atoms with van der Waals surface area (Å²) in [6.45, 7) is 5.96. The molecule has 7 nitrogen and oxygen atoms in total. The van der Waals surface area contributed by atoms with Gasteiger partial charge in [-0.3, -0.25) is 4.68 Å². The van der Waals surface area contributed by atoms with Crippen LogP contribution in [-0.2, 0) is 11.8 Å². The number of hydrogen-bond donors (Lipinski definition) is 1. The number of nitrogens with one attached hydrogen (secondary N) is 1. The Morgan fingerprint density at radius 2 is 2.26 bits per heavy atom. The first kappa shape index (κ1) is 17.7. The van der Waals surface area contributed by atoms with Gasteiger partial charge in [-0.05, 0) is 27.4 Å². The number of carbonyl (C=O) groups excluding carboxylic acids is 1. The minimum absolute atomic E-state index is 0.0191. The molecule has 3 unspecified atom stereocenters. The summed E-state index contributed by atoms with van der Waals surface area (Å²) >= 11 is 0. The maximum absolute atomic E-state index is 12.5. The number of amides is 2. The van der Waals surface area contributed by atoms with Gasteiger partial charge in [0.1, 0.15) is 0 Å². The van der Waals surface area contributed by atoms with E-state index in [9.17, 15) is 4.79 Å². The van der Waals surface area contributed by atoms with Crippen molar-refractivity contribution >= 4 is 6.03 Å². The number of nitrogens with zero attached hydrogens (tertiary/aromatic N) is 4. The Bertz CT molecular complexity index is 516. The third-order valence-electron chi connectivity index (χ3n) is 4.25. The Morgan fingerprint density at radius 3 is 2.83 bits per heavy atom. The molecule has 1 aromatic rings. The fourth-order valence-electron chi connectivity index (χ4n) is 2.94. The summed E-state index contributed by atoms with van der Waals surface area (Å²) in [4.78, 5) is 16.4. The molecule has 1 aromatic heterocycles. The first-order valence-electron chi connectivity index (χ1n) is 8.23. The number of likely N-dealkylation sites (N-methyl/N-ethyl adjacent to an activating group) is 1. The van der Waals surface area contributed by atoms with Gasteiger partial charge in [-0.25, -0.2) is 4.79 Å². The maximum atomic E-state index is 12.5. The second-order valence-electron chi connectivity index (χ2n) is 6.49. The largest absolute Gasteiger partial charge is 0.372 e. The van der Waals surface area contributed by atoms with Crippen LogP contribution in [0.15, 0.2) is 12.4 Å². The summed E-state index contributed by atoms with van der Waals surface area (Å²) in [6.07, 6.45) is 4.97. The number of ether oxygens (including phenoxy) is 1. The monoisotopic (exact) mass is 323 g/mol. The van der Waals surface area contributed by atoms with E-state index in [1.54, 1.807) is 4.68 Å². The smallest absolute Gasteiger partial charge is 0.317 e. The van der Waals surface area contributed by atoms with Crippen LogP contribution in [0, 0.1) is 0 Å². The van der Waals surface area contributed by atoms with E-state index in [0.717, 1.165) is 12.0 Å². The van der Waals surface area contributed by atoms with Crippen molar-refractivity contribution in [2.24, 2.45) is 7.05 Å². The Balaban J connectivity index is 1.93. The van der Waals surface area contributed by atoms with E-state index in [1.165, 1.54) is 0 Å². The van der Waals surface area contributed by atoms with Crippen molar-refractivity contribution in [3.05, 3.63) is 18.0 Å². The maximum Gasteiger partial charge on any atom is 0.317 e. The zero-order chi connectivity index (χ0) is 17.0. The van der Waals surface area contributed by atoms with Crippen LogP contribution < -0.4 is 5.32 Å². The van der Waals surface area contributed by atoms with Gasteiger partial charge < -0.3 is 19.9 Å². The standard InChI is InChI=1S/C16H29N5O2/c1-6-14-11-21(9-12(2)23-14)16(22)17-8-15(19(3)4)13-7-18-20(5)10-13/h7,10,12,14-15H,6,8-9,11H2,1-5H3,(H,17,22). The first-order chi connectivity index (χ1) is 10.9. The summed E-state index contributed by atoms with van der Waals surface area (Å²) in [5.41, 5.74) is 1.10. The molecule has 3 atom stereocenters. The fraction of sp³-hybridized carbons (Fsp3) is 0.750. The van der Waals surface area contributed by atoms with Gasteiger partial charge in [-0.15, -0.1) is 0 Å². The number of hydrogen-bond acceptors (Lipinski definition) is 4. The molecule has 2 rings (SSSR count). The fourth-order valence-corrected chi connectivity index (χ4v) is 2.94. The van der Waals surface area contributed by atoms with Gasteiger partial charge in [-0.1, -0.05) is 6.92 Å². The van der Waals surface area contributed by atoms with Crippen LogP contribution in [0.4, 0.5) is 4.79 Å². The normalized spacial score (nSPS) is 23.1. The predicted octanol–water partition coefficient (Wildman–Crippen LogP) is 1.23. The molecule has 0 radical (unpaired) electrons. The molecule has 2 heterocycles. The van der Waals surface area contributed by atoms with Crippen molar-refractivity contribution in [1.29, 1.82) is 0 Å². The van der Waals surface area contributed by atoms with Crippen molar-refractivity contribution in [1.82, 2.24) is 24.9 Å². The predicted molar refractivity (Wildman–Crippen MR) is 89.2 cm³/mol. The van der Waals surface area contributed by atoms with Crippen molar-refractivity contribution < 1.29 is 9.53 Å². The van der Waals surface area contributed by atoms with E-state index >= 15 is 0 Å². The second-order valence-corrected chi connectivity index (χ2v) is 6.49. The van der Waals surface area contributed by atoms with E-state index in [2.05, 4.69) is 22.2 Å². The highest BCUT2D eigenvalue weighted by Gasteiger charge is 2.28. The zero-order valence-electron chi connectivity index (χ0n) is 14.8. The third kappa shape index (κ3) is 4.68. The molecule has 0 aliphatic carbocycles. The molecule has 2 amide bonds. The lowest BCUT2D eigenvalue weighted by Crippen LogP contribution is -2.53. The highest BCUT2D eigenvalue weighted by atomic mass is 16.5. The Kier molecular flexibility index (Phi) is 6.01. The van der Waals surface area contributed by atoms with E-state index in [0.29, 0.717) is 19.6 Å². The summed E-state index contributed by atoms with van der Waals surface area (Å²) in [6, 6.07) is 0.0856. The lowest BCUT2D eigenvalue weighted by atomic mass is 10.1. The number of urea groups is 1. The van der Waals surface area contributed by atoms with Crippen molar-refractivity contribution in [2.45, 2.75) is 38.5 Å². The summed E-state index contributed by atoms with van der Waals surface area (Å²) < 4.78 is 7.59. The molecule has 1 aliphatic rings. The van der Waals surface area contributed by atoms with Gasteiger partial charge >= 0.3 is 6.03 Å². The Hall–Kier alpha value is -1.60. The van der Waals surface area contributed by atoms with Crippen molar-refractivity contribution in [3.63, 3.8) is 0 Å². The highest BCUT2D eigenvalue weighted by molar-refractivity contribution is 5.74. The molecular formula is C16H29N5O2. The summed E-state index contributed by atoms with van der Waals surface area (Å²) in [7, 11) is 5.91. The van der Waals surface area contributed by atoms with E-state index in [4.69, 9.17) is 4.74 Å². The molecule has 7 heteroatoms. The average Bonchev–Trinajstić information content (AvgIpc) is 2.92. The summed E-state index contributed by atoms with van der Waals surface area (Å²) in [5, 5.41) is 7.28. The minimum Gasteiger partial charge on any atom is -0.372 e. The Labute approximate surface area is 138 Å². The zero-order valence-corrected chi connectivity index (χ0v) is 14.8. The van der Waals surface area contributed by atoms with Gasteiger partial charge in [0, 0.05) is 38.4 Å².